The maximum absolute atomic E-state index is 13.5. The van der Waals surface area contributed by atoms with Crippen LogP contribution < -0.4 is 10.6 Å². The van der Waals surface area contributed by atoms with Crippen LogP contribution in [0.3, 0.4) is 0 Å². The summed E-state index contributed by atoms with van der Waals surface area (Å²) in [4.78, 5) is 31.0. The Balaban J connectivity index is 1.81. The lowest BCUT2D eigenvalue weighted by Crippen LogP contribution is -2.39. The van der Waals surface area contributed by atoms with Gasteiger partial charge in [-0.15, -0.1) is 0 Å². The molecule has 0 fully saturated rings. The predicted molar refractivity (Wildman–Crippen MR) is 122 cm³/mol. The number of carbonyl (C=O) groups is 2. The molecule has 2 aromatic rings. The van der Waals surface area contributed by atoms with Gasteiger partial charge >= 0.3 is 0 Å². The summed E-state index contributed by atoms with van der Waals surface area (Å²) in [6, 6.07) is 12.9. The molecule has 1 aromatic heterocycles. The van der Waals surface area contributed by atoms with Gasteiger partial charge in [-0.25, -0.2) is 4.98 Å². The Labute approximate surface area is 188 Å². The lowest BCUT2D eigenvalue weighted by Gasteiger charge is -2.39. The van der Waals surface area contributed by atoms with E-state index in [9.17, 15) is 14.9 Å². The third-order valence-corrected chi connectivity index (χ3v) is 6.01. The zero-order valence-electron chi connectivity index (χ0n) is 18.7. The molecule has 1 aromatic carbocycles. The van der Waals surface area contributed by atoms with Gasteiger partial charge in [-0.3, -0.25) is 9.59 Å². The molecule has 1 unspecified atom stereocenters. The molecular formula is C26H26N4O2. The van der Waals surface area contributed by atoms with E-state index in [0.717, 1.165) is 23.2 Å². The van der Waals surface area contributed by atoms with Crippen LogP contribution in [0.1, 0.15) is 56.2 Å². The quantitative estimate of drug-likeness (QED) is 0.753. The van der Waals surface area contributed by atoms with Gasteiger partial charge in [-0.2, -0.15) is 5.26 Å². The Bertz CT molecular complexity index is 1210. The van der Waals surface area contributed by atoms with E-state index in [4.69, 9.17) is 0 Å². The minimum absolute atomic E-state index is 0.0459. The van der Waals surface area contributed by atoms with E-state index in [-0.39, 0.29) is 17.1 Å². The van der Waals surface area contributed by atoms with Crippen LogP contribution in [0.25, 0.3) is 0 Å². The van der Waals surface area contributed by atoms with E-state index in [1.54, 1.807) is 24.4 Å². The van der Waals surface area contributed by atoms with Gasteiger partial charge in [-0.1, -0.05) is 26.0 Å². The average molecular weight is 427 g/mol. The highest BCUT2D eigenvalue weighted by Crippen LogP contribution is 2.46. The van der Waals surface area contributed by atoms with Crippen molar-refractivity contribution in [2.75, 3.05) is 5.32 Å². The number of nitriles is 1. The zero-order valence-corrected chi connectivity index (χ0v) is 18.7. The molecule has 0 saturated carbocycles. The number of pyridine rings is 1. The van der Waals surface area contributed by atoms with Crippen molar-refractivity contribution in [2.45, 2.75) is 46.5 Å². The van der Waals surface area contributed by atoms with Crippen LogP contribution in [-0.2, 0) is 9.59 Å². The standard InChI is InChI=1S/C26H26N4O2/c1-15-9-10-28-21(11-15)30-25(32)22-16(2)29-19-12-26(3,4)13-20(31)24(19)23(22)18-7-5-17(14-27)6-8-18/h5-11,23,29H,12-13H2,1-4H3,(H,28,30,32). The first-order chi connectivity index (χ1) is 15.2. The molecule has 4 rings (SSSR count). The minimum Gasteiger partial charge on any atom is -0.362 e. The highest BCUT2D eigenvalue weighted by Gasteiger charge is 2.42. The fourth-order valence-corrected chi connectivity index (χ4v) is 4.61. The van der Waals surface area contributed by atoms with Crippen LogP contribution in [0.4, 0.5) is 5.82 Å². The number of carbonyl (C=O) groups excluding carboxylic acids is 2. The summed E-state index contributed by atoms with van der Waals surface area (Å²) in [7, 11) is 0. The van der Waals surface area contributed by atoms with Crippen LogP contribution in [0, 0.1) is 23.7 Å². The first kappa shape index (κ1) is 21.5. The molecule has 2 aliphatic rings. The SMILES string of the molecule is CC1=C(C(=O)Nc2cc(C)ccn2)C(c2ccc(C#N)cc2)C2=C(CC(C)(C)CC2=O)N1. The molecule has 2 N–H and O–H groups in total. The highest BCUT2D eigenvalue weighted by molar-refractivity contribution is 6.09. The molecule has 1 atom stereocenters. The summed E-state index contributed by atoms with van der Waals surface area (Å²) in [5, 5.41) is 15.4. The number of nitrogens with zero attached hydrogens (tertiary/aromatic N) is 2. The number of aromatic nitrogens is 1. The number of rotatable bonds is 3. The second kappa shape index (κ2) is 8.08. The summed E-state index contributed by atoms with van der Waals surface area (Å²) in [6.07, 6.45) is 2.80. The lowest BCUT2D eigenvalue weighted by molar-refractivity contribution is -0.118. The molecule has 6 heteroatoms. The first-order valence-corrected chi connectivity index (χ1v) is 10.7. The number of allylic oxidation sites excluding steroid dienone is 3. The van der Waals surface area contributed by atoms with Crippen LogP contribution in [0.15, 0.2) is 65.1 Å². The summed E-state index contributed by atoms with van der Waals surface area (Å²) >= 11 is 0. The maximum Gasteiger partial charge on any atom is 0.255 e. The van der Waals surface area contributed by atoms with Gasteiger partial charge in [0.25, 0.3) is 5.91 Å². The summed E-state index contributed by atoms with van der Waals surface area (Å²) in [6.45, 7) is 7.96. The lowest BCUT2D eigenvalue weighted by atomic mass is 9.68. The van der Waals surface area contributed by atoms with Crippen LogP contribution in [-0.4, -0.2) is 16.7 Å². The number of dihydropyridines is 1. The van der Waals surface area contributed by atoms with E-state index >= 15 is 0 Å². The zero-order chi connectivity index (χ0) is 23.0. The molecule has 2 heterocycles. The number of anilines is 1. The molecule has 6 nitrogen and oxygen atoms in total. The molecule has 0 radical (unpaired) electrons. The van der Waals surface area contributed by atoms with Gasteiger partial charge < -0.3 is 10.6 Å². The number of hydrogen-bond donors (Lipinski definition) is 2. The second-order valence-corrected chi connectivity index (χ2v) is 9.34. The summed E-state index contributed by atoms with van der Waals surface area (Å²) in [5.74, 6) is -0.298. The number of hydrogen-bond acceptors (Lipinski definition) is 5. The Morgan fingerprint density at radius 3 is 2.56 bits per heavy atom. The number of aryl methyl sites for hydroxylation is 1. The van der Waals surface area contributed by atoms with Gasteiger partial charge in [0.2, 0.25) is 0 Å². The van der Waals surface area contributed by atoms with Gasteiger partial charge in [0.15, 0.2) is 5.78 Å². The van der Waals surface area contributed by atoms with Crippen molar-refractivity contribution in [3.63, 3.8) is 0 Å². The fraction of sp³-hybridized carbons (Fsp3) is 0.308. The van der Waals surface area contributed by atoms with Crippen molar-refractivity contribution in [2.24, 2.45) is 5.41 Å². The van der Waals surface area contributed by atoms with Crippen molar-refractivity contribution in [3.05, 3.63) is 81.8 Å². The summed E-state index contributed by atoms with van der Waals surface area (Å²) < 4.78 is 0. The number of Topliss-reactive ketones (excluding diaryl/α,β-unsaturated/α-hetero) is 1. The molecule has 1 aliphatic heterocycles. The summed E-state index contributed by atoms with van der Waals surface area (Å²) in [5.41, 5.74) is 4.91. The van der Waals surface area contributed by atoms with Gasteiger partial charge in [0.05, 0.1) is 11.6 Å². The van der Waals surface area contributed by atoms with E-state index in [2.05, 4.69) is 35.5 Å². The Morgan fingerprint density at radius 2 is 1.91 bits per heavy atom. The van der Waals surface area contributed by atoms with E-state index in [1.807, 2.05) is 32.0 Å². The fourth-order valence-electron chi connectivity index (χ4n) is 4.61. The number of amides is 1. The van der Waals surface area contributed by atoms with Crippen molar-refractivity contribution >= 4 is 17.5 Å². The van der Waals surface area contributed by atoms with Crippen molar-refractivity contribution in [1.82, 2.24) is 10.3 Å². The van der Waals surface area contributed by atoms with Crippen LogP contribution in [0.5, 0.6) is 0 Å². The third-order valence-electron chi connectivity index (χ3n) is 6.01. The van der Waals surface area contributed by atoms with E-state index < -0.39 is 5.92 Å². The maximum atomic E-state index is 13.5. The van der Waals surface area contributed by atoms with Gasteiger partial charge in [-0.05, 0) is 61.1 Å². The van der Waals surface area contributed by atoms with Gasteiger partial charge in [0, 0.05) is 41.1 Å². The number of nitrogens with one attached hydrogen (secondary N) is 2. The molecule has 1 aliphatic carbocycles. The third kappa shape index (κ3) is 4.06. The van der Waals surface area contributed by atoms with E-state index in [0.29, 0.717) is 34.6 Å². The number of ketones is 1. The molecule has 162 valence electrons. The van der Waals surface area contributed by atoms with E-state index in [1.165, 1.54) is 0 Å². The molecule has 0 saturated heterocycles. The monoisotopic (exact) mass is 426 g/mol. The van der Waals surface area contributed by atoms with Gasteiger partial charge in [0.1, 0.15) is 5.82 Å². The van der Waals surface area contributed by atoms with Crippen molar-refractivity contribution in [3.8, 4) is 6.07 Å². The topological polar surface area (TPSA) is 94.9 Å². The minimum atomic E-state index is -0.507. The van der Waals surface area contributed by atoms with Crippen LogP contribution in [0.2, 0.25) is 0 Å². The average Bonchev–Trinajstić information content (AvgIpc) is 2.71. The molecular weight excluding hydrogens is 400 g/mol. The van der Waals surface area contributed by atoms with Crippen molar-refractivity contribution < 1.29 is 9.59 Å². The Morgan fingerprint density at radius 1 is 1.19 bits per heavy atom. The Kier molecular flexibility index (Phi) is 5.43. The second-order valence-electron chi connectivity index (χ2n) is 9.34. The first-order valence-electron chi connectivity index (χ1n) is 10.7. The largest absolute Gasteiger partial charge is 0.362 e. The smallest absolute Gasteiger partial charge is 0.255 e. The van der Waals surface area contributed by atoms with Crippen LogP contribution >= 0.6 is 0 Å². The van der Waals surface area contributed by atoms with Crippen molar-refractivity contribution in [1.29, 1.82) is 5.26 Å². The molecule has 0 spiro atoms. The Hall–Kier alpha value is -3.72. The number of benzene rings is 1. The highest BCUT2D eigenvalue weighted by atomic mass is 16.2. The molecule has 1 amide bonds. The molecule has 0 bridgehead atoms. The normalized spacial score (nSPS) is 19.7. The predicted octanol–water partition coefficient (Wildman–Crippen LogP) is 4.50. The molecule has 32 heavy (non-hydrogen) atoms.